The number of carbonyl (C=O) groups is 1. The van der Waals surface area contributed by atoms with Gasteiger partial charge in [0.25, 0.3) is 0 Å². The summed E-state index contributed by atoms with van der Waals surface area (Å²) in [5.74, 6) is 0. The number of rotatable bonds is 1. The topological polar surface area (TPSA) is 67.6 Å². The van der Waals surface area contributed by atoms with Crippen LogP contribution in [0.2, 0.25) is 0 Å². The predicted octanol–water partition coefficient (Wildman–Crippen LogP) is 0.516. The Morgan fingerprint density at radius 1 is 1.00 bits per heavy atom. The normalized spacial score (nSPS) is 12.9. The summed E-state index contributed by atoms with van der Waals surface area (Å²) in [5.41, 5.74) is 2.28. The van der Waals surface area contributed by atoms with Gasteiger partial charge in [0, 0.05) is 24.2 Å². The van der Waals surface area contributed by atoms with Crippen LogP contribution in [0.25, 0.3) is 11.1 Å². The van der Waals surface area contributed by atoms with E-state index in [2.05, 4.69) is 20.0 Å². The highest BCUT2D eigenvalue weighted by molar-refractivity contribution is 5.77. The first-order valence-electron chi connectivity index (χ1n) is 4.71. The van der Waals surface area contributed by atoms with E-state index in [1.54, 1.807) is 24.7 Å². The Kier molecular flexibility index (Phi) is 1.83. The molecule has 0 saturated carbocycles. The summed E-state index contributed by atoms with van der Waals surface area (Å²) in [6.45, 7) is 0. The number of aromatic nitrogens is 2. The zero-order valence-corrected chi connectivity index (χ0v) is 8.16. The third-order valence-corrected chi connectivity index (χ3v) is 2.28. The maximum Gasteiger partial charge on any atom is 0.369 e. The standard InChI is InChI=1S/C11H6N4O/c16-11-14-9-5-8(6-13-10(9)15-11)7-1-3-12-4-2-7/h1-6H. The summed E-state index contributed by atoms with van der Waals surface area (Å²) in [6.07, 6.45) is 5.08. The van der Waals surface area contributed by atoms with E-state index in [0.717, 1.165) is 11.1 Å². The number of nitrogens with zero attached hydrogens (tertiary/aromatic N) is 4. The molecule has 5 heteroatoms. The molecule has 0 atom stereocenters. The molecule has 76 valence electrons. The first-order valence-corrected chi connectivity index (χ1v) is 4.71. The zero-order chi connectivity index (χ0) is 11.0. The average molecular weight is 210 g/mol. The lowest BCUT2D eigenvalue weighted by Gasteiger charge is -1.97. The Morgan fingerprint density at radius 3 is 2.62 bits per heavy atom. The van der Waals surface area contributed by atoms with Gasteiger partial charge in [0.05, 0.1) is 0 Å². The van der Waals surface area contributed by atoms with Crippen molar-refractivity contribution >= 4 is 6.03 Å². The fraction of sp³-hybridized carbons (Fsp3) is 0. The van der Waals surface area contributed by atoms with Crippen molar-refractivity contribution in [3.8, 4) is 11.1 Å². The van der Waals surface area contributed by atoms with Crippen molar-refractivity contribution in [1.29, 1.82) is 0 Å². The molecule has 3 rings (SSSR count). The van der Waals surface area contributed by atoms with Gasteiger partial charge in [-0.05, 0) is 23.8 Å². The number of hydrogen-bond acceptors (Lipinski definition) is 3. The van der Waals surface area contributed by atoms with Crippen LogP contribution in [0.5, 0.6) is 0 Å². The molecule has 1 aliphatic heterocycles. The second-order valence-electron chi connectivity index (χ2n) is 3.31. The Bertz CT molecular complexity index is 679. The van der Waals surface area contributed by atoms with Crippen molar-refractivity contribution in [2.45, 2.75) is 0 Å². The van der Waals surface area contributed by atoms with Crippen molar-refractivity contribution in [3.05, 3.63) is 47.6 Å². The number of fused-ring (bicyclic) bond motifs is 1. The third kappa shape index (κ3) is 1.38. The molecular weight excluding hydrogens is 204 g/mol. The molecule has 0 aliphatic carbocycles. The van der Waals surface area contributed by atoms with E-state index in [0.29, 0.717) is 10.8 Å². The summed E-state index contributed by atoms with van der Waals surface area (Å²) in [6, 6.07) is 5.05. The van der Waals surface area contributed by atoms with Gasteiger partial charge in [0.15, 0.2) is 5.49 Å². The maximum absolute atomic E-state index is 11.0. The molecule has 5 nitrogen and oxygen atoms in total. The van der Waals surface area contributed by atoms with Gasteiger partial charge in [-0.15, -0.1) is 0 Å². The van der Waals surface area contributed by atoms with Gasteiger partial charge in [0.2, 0.25) is 0 Å². The molecule has 1 aliphatic rings. The fourth-order valence-electron chi connectivity index (χ4n) is 1.54. The van der Waals surface area contributed by atoms with Crippen LogP contribution in [0, 0.1) is 0 Å². The second kappa shape index (κ2) is 3.30. The molecule has 0 aromatic carbocycles. The Hall–Kier alpha value is -2.43. The largest absolute Gasteiger partial charge is 0.369 e. The Balaban J connectivity index is 2.21. The number of amides is 2. The van der Waals surface area contributed by atoms with Gasteiger partial charge in [-0.2, -0.15) is 9.98 Å². The SMILES string of the molecule is O=C1N=c2cc(-c3ccncc3)cnc2=N1. The second-order valence-corrected chi connectivity index (χ2v) is 3.31. The van der Waals surface area contributed by atoms with Crippen LogP contribution in [-0.4, -0.2) is 16.0 Å². The van der Waals surface area contributed by atoms with Crippen molar-refractivity contribution in [2.75, 3.05) is 0 Å². The average Bonchev–Trinajstić information content (AvgIpc) is 2.69. The number of pyridine rings is 2. The van der Waals surface area contributed by atoms with Crippen LogP contribution in [0.15, 0.2) is 46.8 Å². The van der Waals surface area contributed by atoms with Crippen LogP contribution in [0.3, 0.4) is 0 Å². The van der Waals surface area contributed by atoms with Crippen molar-refractivity contribution in [2.24, 2.45) is 9.98 Å². The van der Waals surface area contributed by atoms with Crippen molar-refractivity contribution < 1.29 is 4.79 Å². The smallest absolute Gasteiger partial charge is 0.265 e. The number of carbonyl (C=O) groups excluding carboxylic acids is 1. The zero-order valence-electron chi connectivity index (χ0n) is 8.16. The minimum absolute atomic E-state index is 0.391. The molecule has 0 radical (unpaired) electrons. The quantitative estimate of drug-likeness (QED) is 0.688. The lowest BCUT2D eigenvalue weighted by Crippen LogP contribution is -2.24. The Labute approximate surface area is 90.2 Å². The van der Waals surface area contributed by atoms with Crippen LogP contribution >= 0.6 is 0 Å². The maximum atomic E-state index is 11.0. The molecule has 3 heterocycles. The lowest BCUT2D eigenvalue weighted by atomic mass is 10.1. The molecule has 16 heavy (non-hydrogen) atoms. The molecule has 0 unspecified atom stereocenters. The van der Waals surface area contributed by atoms with Crippen LogP contribution in [-0.2, 0) is 0 Å². The Morgan fingerprint density at radius 2 is 1.81 bits per heavy atom. The summed E-state index contributed by atoms with van der Waals surface area (Å²) in [5, 5.41) is 0.527. The molecule has 2 aromatic heterocycles. The monoisotopic (exact) mass is 210 g/mol. The van der Waals surface area contributed by atoms with E-state index < -0.39 is 6.03 Å². The molecule has 0 bridgehead atoms. The molecular formula is C11H6N4O. The van der Waals surface area contributed by atoms with Crippen LogP contribution < -0.4 is 10.8 Å². The van der Waals surface area contributed by atoms with Gasteiger partial charge >= 0.3 is 6.03 Å². The number of hydrogen-bond donors (Lipinski definition) is 0. The summed E-state index contributed by atoms with van der Waals surface area (Å²) < 4.78 is 0. The molecule has 0 saturated heterocycles. The summed E-state index contributed by atoms with van der Waals surface area (Å²) in [7, 11) is 0. The van der Waals surface area contributed by atoms with Gasteiger partial charge in [-0.3, -0.25) is 4.98 Å². The number of urea groups is 1. The van der Waals surface area contributed by atoms with Gasteiger partial charge in [-0.25, -0.2) is 9.78 Å². The van der Waals surface area contributed by atoms with E-state index in [1.807, 2.05) is 12.1 Å². The fourth-order valence-corrected chi connectivity index (χ4v) is 1.54. The van der Waals surface area contributed by atoms with Gasteiger partial charge < -0.3 is 0 Å². The van der Waals surface area contributed by atoms with Crippen LogP contribution in [0.1, 0.15) is 0 Å². The van der Waals surface area contributed by atoms with Crippen molar-refractivity contribution in [3.63, 3.8) is 0 Å². The van der Waals surface area contributed by atoms with E-state index in [-0.39, 0.29) is 0 Å². The summed E-state index contributed by atoms with van der Waals surface area (Å²) in [4.78, 5) is 26.4. The minimum atomic E-state index is -0.491. The molecule has 0 N–H and O–H groups in total. The van der Waals surface area contributed by atoms with E-state index >= 15 is 0 Å². The minimum Gasteiger partial charge on any atom is -0.265 e. The van der Waals surface area contributed by atoms with E-state index in [9.17, 15) is 4.79 Å². The molecule has 0 spiro atoms. The third-order valence-electron chi connectivity index (χ3n) is 2.28. The van der Waals surface area contributed by atoms with E-state index in [4.69, 9.17) is 0 Å². The highest BCUT2D eigenvalue weighted by atomic mass is 16.2. The van der Waals surface area contributed by atoms with Crippen molar-refractivity contribution in [1.82, 2.24) is 9.97 Å². The lowest BCUT2D eigenvalue weighted by molar-refractivity contribution is 0.256. The molecule has 2 aromatic rings. The first kappa shape index (κ1) is 8.84. The highest BCUT2D eigenvalue weighted by Crippen LogP contribution is 2.13. The summed E-state index contributed by atoms with van der Waals surface area (Å²) >= 11 is 0. The molecule has 0 fully saturated rings. The highest BCUT2D eigenvalue weighted by Gasteiger charge is 2.07. The van der Waals surface area contributed by atoms with Gasteiger partial charge in [-0.1, -0.05) is 0 Å². The van der Waals surface area contributed by atoms with E-state index in [1.165, 1.54) is 0 Å². The molecule has 2 amide bonds. The van der Waals surface area contributed by atoms with Crippen LogP contribution in [0.4, 0.5) is 4.79 Å². The van der Waals surface area contributed by atoms with Gasteiger partial charge in [0.1, 0.15) is 5.36 Å². The first-order chi connectivity index (χ1) is 7.83. The predicted molar refractivity (Wildman–Crippen MR) is 55.2 cm³/mol.